The number of aryl methyl sites for hydroxylation is 2. The molecule has 4 heteroatoms. The number of hydrogen-bond donors (Lipinski definition) is 1. The highest BCUT2D eigenvalue weighted by molar-refractivity contribution is 5.70. The molecule has 98 valence electrons. The van der Waals surface area contributed by atoms with Gasteiger partial charge in [-0.25, -0.2) is 0 Å². The summed E-state index contributed by atoms with van der Waals surface area (Å²) < 4.78 is 5.28. The van der Waals surface area contributed by atoms with Crippen molar-refractivity contribution in [2.24, 2.45) is 0 Å². The monoisotopic (exact) mass is 249 g/mol. The van der Waals surface area contributed by atoms with Gasteiger partial charge in [-0.15, -0.1) is 0 Å². The highest BCUT2D eigenvalue weighted by Gasteiger charge is 2.27. The molecule has 0 spiro atoms. The molecule has 2 rings (SSSR count). The van der Waals surface area contributed by atoms with Crippen LogP contribution in [0.5, 0.6) is 5.75 Å². The van der Waals surface area contributed by atoms with Crippen molar-refractivity contribution in [3.05, 3.63) is 23.3 Å². The Labute approximate surface area is 107 Å². The second-order valence-corrected chi connectivity index (χ2v) is 4.85. The lowest BCUT2D eigenvalue weighted by molar-refractivity contribution is -0.137. The van der Waals surface area contributed by atoms with Crippen molar-refractivity contribution in [1.82, 2.24) is 0 Å². The molecule has 0 bridgehead atoms. The van der Waals surface area contributed by atoms with E-state index in [9.17, 15) is 4.79 Å². The molecule has 0 aliphatic carbocycles. The summed E-state index contributed by atoms with van der Waals surface area (Å²) in [5.74, 6) is 0.137. The number of carbonyl (C=O) groups is 1. The second kappa shape index (κ2) is 4.88. The van der Waals surface area contributed by atoms with Crippen molar-refractivity contribution in [2.75, 3.05) is 19.1 Å². The molecule has 1 atom stereocenters. The van der Waals surface area contributed by atoms with Crippen LogP contribution in [0.15, 0.2) is 12.1 Å². The Bertz CT molecular complexity index is 470. The van der Waals surface area contributed by atoms with Crippen LogP contribution >= 0.6 is 0 Å². The third kappa shape index (κ3) is 2.28. The minimum atomic E-state index is -0.735. The smallest absolute Gasteiger partial charge is 0.305 e. The molecule has 1 aliphatic rings. The largest absolute Gasteiger partial charge is 0.497 e. The maximum Gasteiger partial charge on any atom is 0.305 e. The number of anilines is 1. The van der Waals surface area contributed by atoms with Crippen molar-refractivity contribution in [3.8, 4) is 5.75 Å². The number of rotatable bonds is 3. The molecular formula is C14H19NO3. The molecule has 1 aromatic carbocycles. The highest BCUT2D eigenvalue weighted by atomic mass is 16.5. The molecule has 1 aromatic rings. The molecule has 0 amide bonds. The van der Waals surface area contributed by atoms with Gasteiger partial charge >= 0.3 is 5.97 Å². The Morgan fingerprint density at radius 3 is 2.89 bits per heavy atom. The average molecular weight is 249 g/mol. The number of aliphatic carboxylic acids is 1. The summed E-state index contributed by atoms with van der Waals surface area (Å²) in [4.78, 5) is 13.0. The summed E-state index contributed by atoms with van der Waals surface area (Å²) >= 11 is 0. The van der Waals surface area contributed by atoms with Gasteiger partial charge < -0.3 is 14.7 Å². The molecule has 4 nitrogen and oxygen atoms in total. The van der Waals surface area contributed by atoms with E-state index in [4.69, 9.17) is 9.84 Å². The SMILES string of the molecule is COc1cc(C)c2c(c1)CCC(CC(=O)O)N2C. The fourth-order valence-corrected chi connectivity index (χ4v) is 2.77. The normalized spacial score (nSPS) is 18.4. The lowest BCUT2D eigenvalue weighted by Crippen LogP contribution is -2.38. The van der Waals surface area contributed by atoms with Gasteiger partial charge in [0, 0.05) is 18.8 Å². The van der Waals surface area contributed by atoms with E-state index in [-0.39, 0.29) is 12.5 Å². The molecule has 1 aliphatic heterocycles. The quantitative estimate of drug-likeness (QED) is 0.892. The van der Waals surface area contributed by atoms with E-state index >= 15 is 0 Å². The fourth-order valence-electron chi connectivity index (χ4n) is 2.77. The van der Waals surface area contributed by atoms with Gasteiger partial charge in [-0.1, -0.05) is 0 Å². The van der Waals surface area contributed by atoms with Crippen LogP contribution in [0.2, 0.25) is 0 Å². The first-order valence-electron chi connectivity index (χ1n) is 6.15. The minimum Gasteiger partial charge on any atom is -0.497 e. The van der Waals surface area contributed by atoms with Gasteiger partial charge in [0.25, 0.3) is 0 Å². The minimum absolute atomic E-state index is 0.0853. The molecule has 1 unspecified atom stereocenters. The molecule has 18 heavy (non-hydrogen) atoms. The number of hydrogen-bond acceptors (Lipinski definition) is 3. The number of carboxylic acids is 1. The van der Waals surface area contributed by atoms with E-state index < -0.39 is 5.97 Å². The van der Waals surface area contributed by atoms with Gasteiger partial charge in [0.2, 0.25) is 0 Å². The van der Waals surface area contributed by atoms with E-state index in [0.29, 0.717) is 0 Å². The Hall–Kier alpha value is -1.71. The van der Waals surface area contributed by atoms with Crippen molar-refractivity contribution in [2.45, 2.75) is 32.2 Å². The van der Waals surface area contributed by atoms with Crippen LogP contribution in [0.25, 0.3) is 0 Å². The molecular weight excluding hydrogens is 230 g/mol. The van der Waals surface area contributed by atoms with E-state index in [2.05, 4.69) is 11.0 Å². The van der Waals surface area contributed by atoms with Crippen LogP contribution in [-0.2, 0) is 11.2 Å². The maximum absolute atomic E-state index is 10.9. The molecule has 0 aromatic heterocycles. The first-order valence-corrected chi connectivity index (χ1v) is 6.15. The fraction of sp³-hybridized carbons (Fsp3) is 0.500. The third-order valence-electron chi connectivity index (χ3n) is 3.65. The molecule has 0 saturated carbocycles. The Balaban J connectivity index is 2.34. The van der Waals surface area contributed by atoms with E-state index in [1.165, 1.54) is 5.56 Å². The number of nitrogens with zero attached hydrogens (tertiary/aromatic N) is 1. The number of carboxylic acid groups (broad SMARTS) is 1. The summed E-state index contributed by atoms with van der Waals surface area (Å²) in [5, 5.41) is 8.94. The molecule has 1 heterocycles. The Morgan fingerprint density at radius 1 is 1.56 bits per heavy atom. The zero-order valence-electron chi connectivity index (χ0n) is 11.1. The Morgan fingerprint density at radius 2 is 2.28 bits per heavy atom. The zero-order chi connectivity index (χ0) is 13.3. The van der Waals surface area contributed by atoms with Gasteiger partial charge in [-0.3, -0.25) is 4.79 Å². The molecule has 0 radical (unpaired) electrons. The van der Waals surface area contributed by atoms with Crippen molar-refractivity contribution < 1.29 is 14.6 Å². The van der Waals surface area contributed by atoms with Gasteiger partial charge in [-0.2, -0.15) is 0 Å². The summed E-state index contributed by atoms with van der Waals surface area (Å²) in [6.45, 7) is 2.04. The van der Waals surface area contributed by atoms with Gasteiger partial charge in [0.05, 0.1) is 13.5 Å². The van der Waals surface area contributed by atoms with Crippen molar-refractivity contribution >= 4 is 11.7 Å². The van der Waals surface area contributed by atoms with E-state index in [1.807, 2.05) is 20.0 Å². The number of fused-ring (bicyclic) bond motifs is 1. The van der Waals surface area contributed by atoms with Crippen LogP contribution in [0.4, 0.5) is 5.69 Å². The van der Waals surface area contributed by atoms with Gasteiger partial charge in [0.15, 0.2) is 0 Å². The van der Waals surface area contributed by atoms with E-state index in [1.54, 1.807) is 7.11 Å². The Kier molecular flexibility index (Phi) is 3.45. The number of benzene rings is 1. The average Bonchev–Trinajstić information content (AvgIpc) is 2.31. The standard InChI is InChI=1S/C14H19NO3/c1-9-6-12(18-3)7-10-4-5-11(8-13(16)17)15(2)14(9)10/h6-7,11H,4-5,8H2,1-3H3,(H,16,17). The van der Waals surface area contributed by atoms with Crippen LogP contribution in [0.1, 0.15) is 24.0 Å². The highest BCUT2D eigenvalue weighted by Crippen LogP contribution is 2.36. The second-order valence-electron chi connectivity index (χ2n) is 4.85. The lowest BCUT2D eigenvalue weighted by Gasteiger charge is -2.36. The summed E-state index contributed by atoms with van der Waals surface area (Å²) in [7, 11) is 3.64. The molecule has 1 N–H and O–H groups in total. The summed E-state index contributed by atoms with van der Waals surface area (Å²) in [6.07, 6.45) is 1.99. The molecule has 0 fully saturated rings. The predicted octanol–water partition coefficient (Wildman–Crippen LogP) is 2.23. The molecule has 0 saturated heterocycles. The number of methoxy groups -OCH3 is 1. The van der Waals surface area contributed by atoms with Crippen LogP contribution < -0.4 is 9.64 Å². The third-order valence-corrected chi connectivity index (χ3v) is 3.65. The van der Waals surface area contributed by atoms with Gasteiger partial charge in [0.1, 0.15) is 5.75 Å². The van der Waals surface area contributed by atoms with E-state index in [0.717, 1.165) is 29.8 Å². The first kappa shape index (κ1) is 12.7. The number of ether oxygens (including phenoxy) is 1. The lowest BCUT2D eigenvalue weighted by atomic mass is 9.92. The topological polar surface area (TPSA) is 49.8 Å². The van der Waals surface area contributed by atoms with Crippen molar-refractivity contribution in [3.63, 3.8) is 0 Å². The van der Waals surface area contributed by atoms with Gasteiger partial charge in [-0.05, 0) is 43.0 Å². The van der Waals surface area contributed by atoms with Crippen LogP contribution in [0.3, 0.4) is 0 Å². The van der Waals surface area contributed by atoms with Crippen LogP contribution in [0, 0.1) is 6.92 Å². The zero-order valence-corrected chi connectivity index (χ0v) is 11.1. The van der Waals surface area contributed by atoms with Crippen molar-refractivity contribution in [1.29, 1.82) is 0 Å². The summed E-state index contributed by atoms with van der Waals surface area (Å²) in [6, 6.07) is 4.14. The maximum atomic E-state index is 10.9. The first-order chi connectivity index (χ1) is 8.52. The summed E-state index contributed by atoms with van der Waals surface area (Å²) in [5.41, 5.74) is 3.55. The van der Waals surface area contributed by atoms with Crippen LogP contribution in [-0.4, -0.2) is 31.3 Å². The predicted molar refractivity (Wildman–Crippen MR) is 70.5 cm³/mol.